The van der Waals surface area contributed by atoms with Gasteiger partial charge in [0.05, 0.1) is 12.7 Å². The number of alkyl halides is 3. The molecule has 19 heavy (non-hydrogen) atoms. The van der Waals surface area contributed by atoms with Crippen molar-refractivity contribution in [3.8, 4) is 0 Å². The fraction of sp³-hybridized carbons (Fsp3) is 0.600. The van der Waals surface area contributed by atoms with Gasteiger partial charge in [0.15, 0.2) is 5.82 Å². The number of piperazine rings is 1. The van der Waals surface area contributed by atoms with Crippen molar-refractivity contribution in [2.75, 3.05) is 43.4 Å². The summed E-state index contributed by atoms with van der Waals surface area (Å²) in [6, 6.07) is 0. The number of nitrogens with zero attached hydrogens (tertiary/aromatic N) is 4. The van der Waals surface area contributed by atoms with Gasteiger partial charge in [-0.2, -0.15) is 18.2 Å². The molecule has 0 aromatic carbocycles. The monoisotopic (exact) mass is 295 g/mol. The fourth-order valence-electron chi connectivity index (χ4n) is 1.96. The van der Waals surface area contributed by atoms with Crippen LogP contribution >= 0.6 is 11.6 Å². The lowest BCUT2D eigenvalue weighted by Crippen LogP contribution is -2.49. The van der Waals surface area contributed by atoms with Gasteiger partial charge in [-0.3, -0.25) is 4.90 Å². The van der Waals surface area contributed by atoms with Crippen molar-refractivity contribution in [2.45, 2.75) is 6.18 Å². The minimum atomic E-state index is -4.17. The quantitative estimate of drug-likeness (QED) is 0.894. The van der Waals surface area contributed by atoms with Gasteiger partial charge in [-0.05, 0) is 0 Å². The Hall–Kier alpha value is -1.28. The Bertz CT molecular complexity index is 445. The minimum absolute atomic E-state index is 0.0946. The maximum Gasteiger partial charge on any atom is 0.401 e. The van der Waals surface area contributed by atoms with Crippen LogP contribution in [0, 0.1) is 0 Å². The number of nitrogen functional groups attached to an aromatic ring is 1. The van der Waals surface area contributed by atoms with Crippen molar-refractivity contribution in [1.29, 1.82) is 0 Å². The first-order valence-corrected chi connectivity index (χ1v) is 6.05. The van der Waals surface area contributed by atoms with Crippen molar-refractivity contribution in [2.24, 2.45) is 0 Å². The molecule has 106 valence electrons. The fourth-order valence-corrected chi connectivity index (χ4v) is 2.17. The van der Waals surface area contributed by atoms with Crippen LogP contribution in [-0.4, -0.2) is 53.8 Å². The Morgan fingerprint density at radius 1 is 1.26 bits per heavy atom. The van der Waals surface area contributed by atoms with Crippen molar-refractivity contribution in [3.63, 3.8) is 0 Å². The van der Waals surface area contributed by atoms with Crippen LogP contribution in [0.25, 0.3) is 0 Å². The van der Waals surface area contributed by atoms with E-state index in [0.717, 1.165) is 0 Å². The zero-order valence-corrected chi connectivity index (χ0v) is 10.7. The summed E-state index contributed by atoms with van der Waals surface area (Å²) in [5.41, 5.74) is 5.48. The molecule has 0 atom stereocenters. The van der Waals surface area contributed by atoms with Gasteiger partial charge in [0.25, 0.3) is 0 Å². The molecule has 1 aliphatic rings. The zero-order chi connectivity index (χ0) is 14.0. The standard InChI is InChI=1S/C10H13ClF3N5/c11-7-5-16-9(15)17-8(7)19-3-1-18(2-4-19)6-10(12,13)14/h5H,1-4,6H2,(H2,15,16,17). The Morgan fingerprint density at radius 2 is 1.89 bits per heavy atom. The third kappa shape index (κ3) is 3.84. The Kier molecular flexibility index (Phi) is 4.00. The Labute approximate surface area is 113 Å². The van der Waals surface area contributed by atoms with E-state index in [1.54, 1.807) is 0 Å². The van der Waals surface area contributed by atoms with Crippen LogP contribution in [-0.2, 0) is 0 Å². The van der Waals surface area contributed by atoms with Crippen LogP contribution < -0.4 is 10.6 Å². The number of anilines is 2. The summed E-state index contributed by atoms with van der Waals surface area (Å²) >= 11 is 5.96. The first-order valence-electron chi connectivity index (χ1n) is 5.67. The maximum absolute atomic E-state index is 12.3. The van der Waals surface area contributed by atoms with Crippen LogP contribution in [0.3, 0.4) is 0 Å². The molecule has 0 spiro atoms. The van der Waals surface area contributed by atoms with E-state index in [-0.39, 0.29) is 5.95 Å². The maximum atomic E-state index is 12.3. The van der Waals surface area contributed by atoms with Crippen LogP contribution in [0.2, 0.25) is 5.02 Å². The first kappa shape index (κ1) is 14.1. The van der Waals surface area contributed by atoms with Crippen LogP contribution in [0.15, 0.2) is 6.20 Å². The predicted octanol–water partition coefficient (Wildman–Crippen LogP) is 1.40. The second-order valence-corrected chi connectivity index (χ2v) is 4.69. The Morgan fingerprint density at radius 3 is 2.47 bits per heavy atom. The van der Waals surface area contributed by atoms with E-state index in [4.69, 9.17) is 17.3 Å². The molecule has 0 radical (unpaired) electrons. The topological polar surface area (TPSA) is 58.3 Å². The molecule has 1 aromatic rings. The highest BCUT2D eigenvalue weighted by Crippen LogP contribution is 2.25. The molecule has 2 rings (SSSR count). The molecule has 5 nitrogen and oxygen atoms in total. The molecule has 0 unspecified atom stereocenters. The van der Waals surface area contributed by atoms with Crippen LogP contribution in [0.1, 0.15) is 0 Å². The van der Waals surface area contributed by atoms with E-state index in [1.807, 2.05) is 4.90 Å². The smallest absolute Gasteiger partial charge is 0.368 e. The number of nitrogens with two attached hydrogens (primary N) is 1. The largest absolute Gasteiger partial charge is 0.401 e. The van der Waals surface area contributed by atoms with Crippen molar-refractivity contribution in [3.05, 3.63) is 11.2 Å². The number of halogens is 4. The molecule has 1 aliphatic heterocycles. The zero-order valence-electron chi connectivity index (χ0n) is 9.99. The summed E-state index contributed by atoms with van der Waals surface area (Å²) in [5, 5.41) is 0.346. The van der Waals surface area contributed by atoms with Gasteiger partial charge in [-0.25, -0.2) is 4.98 Å². The molecule has 2 N–H and O–H groups in total. The number of rotatable bonds is 2. The number of hydrogen-bond donors (Lipinski definition) is 1. The lowest BCUT2D eigenvalue weighted by Gasteiger charge is -2.35. The number of aromatic nitrogens is 2. The van der Waals surface area contributed by atoms with E-state index >= 15 is 0 Å². The second kappa shape index (κ2) is 5.38. The van der Waals surface area contributed by atoms with E-state index in [1.165, 1.54) is 11.1 Å². The van der Waals surface area contributed by atoms with Gasteiger partial charge >= 0.3 is 6.18 Å². The molecule has 0 bridgehead atoms. The molecule has 9 heteroatoms. The molecule has 1 fully saturated rings. The molecular formula is C10H13ClF3N5. The second-order valence-electron chi connectivity index (χ2n) is 4.28. The third-order valence-corrected chi connectivity index (χ3v) is 3.09. The molecule has 0 amide bonds. The van der Waals surface area contributed by atoms with E-state index in [0.29, 0.717) is 37.0 Å². The minimum Gasteiger partial charge on any atom is -0.368 e. The van der Waals surface area contributed by atoms with E-state index < -0.39 is 12.7 Å². The summed E-state index contributed by atoms with van der Waals surface area (Å²) in [7, 11) is 0. The Balaban J connectivity index is 1.98. The normalized spacial score (nSPS) is 17.8. The van der Waals surface area contributed by atoms with Crippen molar-refractivity contribution in [1.82, 2.24) is 14.9 Å². The van der Waals surface area contributed by atoms with Gasteiger partial charge in [0.1, 0.15) is 5.02 Å². The summed E-state index contributed by atoms with van der Waals surface area (Å²) in [6.07, 6.45) is -2.78. The lowest BCUT2D eigenvalue weighted by molar-refractivity contribution is -0.146. The van der Waals surface area contributed by atoms with E-state index in [2.05, 4.69) is 9.97 Å². The summed E-state index contributed by atoms with van der Waals surface area (Å²) in [6.45, 7) is 0.568. The lowest BCUT2D eigenvalue weighted by atomic mass is 10.3. The third-order valence-electron chi connectivity index (χ3n) is 2.82. The highest BCUT2D eigenvalue weighted by Gasteiger charge is 2.32. The molecule has 0 saturated carbocycles. The molecular weight excluding hydrogens is 283 g/mol. The average molecular weight is 296 g/mol. The van der Waals surface area contributed by atoms with Gasteiger partial charge in [-0.1, -0.05) is 11.6 Å². The SMILES string of the molecule is Nc1ncc(Cl)c(N2CCN(CC(F)(F)F)CC2)n1. The first-order chi connectivity index (χ1) is 8.85. The van der Waals surface area contributed by atoms with Crippen LogP contribution in [0.5, 0.6) is 0 Å². The number of hydrogen-bond acceptors (Lipinski definition) is 5. The summed E-state index contributed by atoms with van der Waals surface area (Å²) in [5.74, 6) is 0.568. The average Bonchev–Trinajstić information content (AvgIpc) is 2.31. The highest BCUT2D eigenvalue weighted by atomic mass is 35.5. The van der Waals surface area contributed by atoms with Crippen LogP contribution in [0.4, 0.5) is 24.9 Å². The van der Waals surface area contributed by atoms with E-state index in [9.17, 15) is 13.2 Å². The molecule has 0 aliphatic carbocycles. The van der Waals surface area contributed by atoms with Gasteiger partial charge in [0.2, 0.25) is 5.95 Å². The van der Waals surface area contributed by atoms with Gasteiger partial charge in [0, 0.05) is 26.2 Å². The molecule has 1 saturated heterocycles. The van der Waals surface area contributed by atoms with Crippen molar-refractivity contribution >= 4 is 23.4 Å². The van der Waals surface area contributed by atoms with Crippen molar-refractivity contribution < 1.29 is 13.2 Å². The van der Waals surface area contributed by atoms with Gasteiger partial charge in [-0.15, -0.1) is 0 Å². The predicted molar refractivity (Wildman–Crippen MR) is 66.2 cm³/mol. The highest BCUT2D eigenvalue weighted by molar-refractivity contribution is 6.32. The summed E-state index contributed by atoms with van der Waals surface area (Å²) < 4.78 is 36.8. The summed E-state index contributed by atoms with van der Waals surface area (Å²) in [4.78, 5) is 10.9. The molecule has 2 heterocycles. The molecule has 1 aromatic heterocycles. The van der Waals surface area contributed by atoms with Gasteiger partial charge < -0.3 is 10.6 Å².